The highest BCUT2D eigenvalue weighted by Crippen LogP contribution is 2.30. The molecule has 0 saturated carbocycles. The second-order valence-corrected chi connectivity index (χ2v) is 8.22. The number of carbonyl (C=O) groups is 3. The van der Waals surface area contributed by atoms with Gasteiger partial charge in [0.25, 0.3) is 0 Å². The Balaban J connectivity index is 1.51. The monoisotopic (exact) mass is 425 g/mol. The third-order valence-electron chi connectivity index (χ3n) is 5.41. The average molecular weight is 426 g/mol. The first kappa shape index (κ1) is 19.4. The number of rotatable bonds is 3. The van der Waals surface area contributed by atoms with Crippen LogP contribution in [-0.4, -0.2) is 48.2 Å². The summed E-state index contributed by atoms with van der Waals surface area (Å²) in [6, 6.07) is 4.68. The number of amides is 3. The molecule has 0 aromatic heterocycles. The Morgan fingerprint density at radius 2 is 1.75 bits per heavy atom. The van der Waals surface area contributed by atoms with Gasteiger partial charge in [0.2, 0.25) is 17.7 Å². The number of anilines is 1. The first-order valence-corrected chi connectivity index (χ1v) is 10.0. The number of hydrogen-bond acceptors (Lipinski definition) is 5. The Morgan fingerprint density at radius 1 is 1.07 bits per heavy atom. The third-order valence-corrected chi connectivity index (χ3v) is 5.84. The standard InChI is InChI=1S/C18H21Cl2N5O3/c19-9-5-10(20)7-11(6-9)21-16(27)12-8-13(26)22-15-14(12)17(28)24-18(23-15)25-3-1-2-4-25/h5-7,12,14-15,18,23H,1-4,8H2,(H,21,27)(H,22,26)(H,24,28). The molecule has 3 amide bonds. The third kappa shape index (κ3) is 3.96. The highest BCUT2D eigenvalue weighted by atomic mass is 35.5. The molecule has 150 valence electrons. The van der Waals surface area contributed by atoms with Crippen LogP contribution in [0.1, 0.15) is 19.3 Å². The van der Waals surface area contributed by atoms with Gasteiger partial charge in [0.1, 0.15) is 6.29 Å². The topological polar surface area (TPSA) is 103 Å². The van der Waals surface area contributed by atoms with Crippen LogP contribution in [0.5, 0.6) is 0 Å². The fourth-order valence-corrected chi connectivity index (χ4v) is 4.64. The van der Waals surface area contributed by atoms with Gasteiger partial charge in [-0.1, -0.05) is 23.2 Å². The van der Waals surface area contributed by atoms with Crippen molar-refractivity contribution in [3.8, 4) is 0 Å². The minimum Gasteiger partial charge on any atom is -0.340 e. The van der Waals surface area contributed by atoms with Crippen LogP contribution in [0.25, 0.3) is 0 Å². The SMILES string of the molecule is O=C1CC(C(=O)Nc2cc(Cl)cc(Cl)c2)C2C(=O)NC(N3CCCC3)NC2N1. The lowest BCUT2D eigenvalue weighted by atomic mass is 9.81. The molecule has 0 spiro atoms. The number of nitrogens with zero attached hydrogens (tertiary/aromatic N) is 1. The smallest absolute Gasteiger partial charge is 0.229 e. The summed E-state index contributed by atoms with van der Waals surface area (Å²) < 4.78 is 0. The summed E-state index contributed by atoms with van der Waals surface area (Å²) in [6.45, 7) is 1.76. The van der Waals surface area contributed by atoms with E-state index in [1.54, 1.807) is 18.2 Å². The van der Waals surface area contributed by atoms with E-state index in [4.69, 9.17) is 23.2 Å². The molecule has 8 nitrogen and oxygen atoms in total. The summed E-state index contributed by atoms with van der Waals surface area (Å²) >= 11 is 12.0. The molecule has 3 fully saturated rings. The van der Waals surface area contributed by atoms with Gasteiger partial charge in [-0.3, -0.25) is 24.6 Å². The molecule has 0 radical (unpaired) electrons. The van der Waals surface area contributed by atoms with Crippen LogP contribution in [0.2, 0.25) is 10.0 Å². The van der Waals surface area contributed by atoms with Crippen LogP contribution in [-0.2, 0) is 14.4 Å². The quantitative estimate of drug-likeness (QED) is 0.580. The van der Waals surface area contributed by atoms with E-state index in [1.165, 1.54) is 0 Å². The number of benzene rings is 1. The van der Waals surface area contributed by atoms with Crippen molar-refractivity contribution in [3.63, 3.8) is 0 Å². The predicted octanol–water partition coefficient (Wildman–Crippen LogP) is 1.11. The normalized spacial score (nSPS) is 30.4. The summed E-state index contributed by atoms with van der Waals surface area (Å²) in [6.07, 6.45) is 1.14. The maximum absolute atomic E-state index is 12.9. The molecule has 1 aromatic rings. The van der Waals surface area contributed by atoms with Crippen molar-refractivity contribution in [2.24, 2.45) is 11.8 Å². The van der Waals surface area contributed by atoms with Crippen LogP contribution in [0.15, 0.2) is 18.2 Å². The van der Waals surface area contributed by atoms with Gasteiger partial charge in [0, 0.05) is 35.2 Å². The molecule has 0 bridgehead atoms. The molecule has 28 heavy (non-hydrogen) atoms. The van der Waals surface area contributed by atoms with Gasteiger partial charge in [0.05, 0.1) is 18.0 Å². The molecule has 4 rings (SSSR count). The molecule has 10 heteroatoms. The Hall–Kier alpha value is -1.87. The van der Waals surface area contributed by atoms with Crippen molar-refractivity contribution in [1.29, 1.82) is 0 Å². The molecule has 3 heterocycles. The second-order valence-electron chi connectivity index (χ2n) is 7.35. The number of halogens is 2. The largest absolute Gasteiger partial charge is 0.340 e. The summed E-state index contributed by atoms with van der Waals surface area (Å²) in [5.41, 5.74) is 0.421. The van der Waals surface area contributed by atoms with E-state index < -0.39 is 23.9 Å². The first-order chi connectivity index (χ1) is 13.4. The van der Waals surface area contributed by atoms with Gasteiger partial charge < -0.3 is 16.0 Å². The van der Waals surface area contributed by atoms with Gasteiger partial charge in [0.15, 0.2) is 0 Å². The molecule has 0 aliphatic carbocycles. The average Bonchev–Trinajstić information content (AvgIpc) is 3.14. The van der Waals surface area contributed by atoms with E-state index in [-0.39, 0.29) is 24.5 Å². The summed E-state index contributed by atoms with van der Waals surface area (Å²) in [5.74, 6) is -2.44. The minimum absolute atomic E-state index is 0.0647. The number of piperidine rings is 1. The Bertz CT molecular complexity index is 794. The van der Waals surface area contributed by atoms with E-state index in [2.05, 4.69) is 26.2 Å². The number of hydrogen-bond donors (Lipinski definition) is 4. The highest BCUT2D eigenvalue weighted by molar-refractivity contribution is 6.35. The number of nitrogens with one attached hydrogen (secondary N) is 4. The molecule has 4 unspecified atom stereocenters. The lowest BCUT2D eigenvalue weighted by Gasteiger charge is -2.45. The predicted molar refractivity (Wildman–Crippen MR) is 104 cm³/mol. The number of likely N-dealkylation sites (tertiary alicyclic amines) is 1. The van der Waals surface area contributed by atoms with Crippen molar-refractivity contribution in [2.75, 3.05) is 18.4 Å². The van der Waals surface area contributed by atoms with Crippen LogP contribution < -0.4 is 21.3 Å². The van der Waals surface area contributed by atoms with Gasteiger partial charge >= 0.3 is 0 Å². The highest BCUT2D eigenvalue weighted by Gasteiger charge is 2.49. The van der Waals surface area contributed by atoms with E-state index in [1.807, 2.05) is 0 Å². The fraction of sp³-hybridized carbons (Fsp3) is 0.500. The fourth-order valence-electron chi connectivity index (χ4n) is 4.12. The Kier molecular flexibility index (Phi) is 5.46. The lowest BCUT2D eigenvalue weighted by molar-refractivity contribution is -0.147. The maximum Gasteiger partial charge on any atom is 0.229 e. The van der Waals surface area contributed by atoms with Gasteiger partial charge in [-0.05, 0) is 31.0 Å². The lowest BCUT2D eigenvalue weighted by Crippen LogP contribution is -2.74. The summed E-state index contributed by atoms with van der Waals surface area (Å²) in [4.78, 5) is 40.0. The molecule has 3 aliphatic heterocycles. The molecule has 4 N–H and O–H groups in total. The van der Waals surface area contributed by atoms with Crippen molar-refractivity contribution in [1.82, 2.24) is 20.9 Å². The van der Waals surface area contributed by atoms with E-state index in [9.17, 15) is 14.4 Å². The molecule has 3 saturated heterocycles. The van der Waals surface area contributed by atoms with Gasteiger partial charge in [-0.25, -0.2) is 0 Å². The Labute approximate surface area is 172 Å². The van der Waals surface area contributed by atoms with Crippen molar-refractivity contribution < 1.29 is 14.4 Å². The number of carbonyl (C=O) groups excluding carboxylic acids is 3. The zero-order valence-corrected chi connectivity index (χ0v) is 16.5. The zero-order valence-electron chi connectivity index (χ0n) is 15.0. The molecule has 1 aromatic carbocycles. The van der Waals surface area contributed by atoms with Crippen LogP contribution >= 0.6 is 23.2 Å². The minimum atomic E-state index is -0.802. The number of fused-ring (bicyclic) bond motifs is 1. The van der Waals surface area contributed by atoms with Gasteiger partial charge in [-0.15, -0.1) is 0 Å². The second kappa shape index (κ2) is 7.87. The van der Waals surface area contributed by atoms with Crippen LogP contribution in [0.3, 0.4) is 0 Å². The van der Waals surface area contributed by atoms with Crippen molar-refractivity contribution >= 4 is 46.6 Å². The van der Waals surface area contributed by atoms with Crippen molar-refractivity contribution in [2.45, 2.75) is 31.7 Å². The molecule has 4 atom stereocenters. The van der Waals surface area contributed by atoms with Crippen LogP contribution in [0, 0.1) is 11.8 Å². The van der Waals surface area contributed by atoms with E-state index in [0.29, 0.717) is 15.7 Å². The zero-order chi connectivity index (χ0) is 19.8. The van der Waals surface area contributed by atoms with Gasteiger partial charge in [-0.2, -0.15) is 0 Å². The summed E-state index contributed by atoms with van der Waals surface area (Å²) in [7, 11) is 0. The summed E-state index contributed by atoms with van der Waals surface area (Å²) in [5, 5.41) is 12.5. The molecular weight excluding hydrogens is 405 g/mol. The molecule has 3 aliphatic rings. The van der Waals surface area contributed by atoms with Crippen molar-refractivity contribution in [3.05, 3.63) is 28.2 Å². The van der Waals surface area contributed by atoms with E-state index >= 15 is 0 Å². The maximum atomic E-state index is 12.9. The first-order valence-electron chi connectivity index (χ1n) is 9.27. The van der Waals surface area contributed by atoms with Crippen LogP contribution in [0.4, 0.5) is 5.69 Å². The Morgan fingerprint density at radius 3 is 2.43 bits per heavy atom. The van der Waals surface area contributed by atoms with E-state index in [0.717, 1.165) is 25.9 Å². The molecular formula is C18H21Cl2N5O3.